The van der Waals surface area contributed by atoms with Gasteiger partial charge < -0.3 is 15.4 Å². The summed E-state index contributed by atoms with van der Waals surface area (Å²) in [4.78, 5) is 11.7. The summed E-state index contributed by atoms with van der Waals surface area (Å²) in [5, 5.41) is 12.7. The maximum absolute atomic E-state index is 11.7. The van der Waals surface area contributed by atoms with Gasteiger partial charge in [-0.05, 0) is 13.8 Å². The number of aryl methyl sites for hydroxylation is 1. The van der Waals surface area contributed by atoms with Gasteiger partial charge in [-0.3, -0.25) is 9.89 Å². The van der Waals surface area contributed by atoms with Gasteiger partial charge in [-0.1, -0.05) is 0 Å². The largest absolute Gasteiger partial charge is 0.383 e. The molecule has 1 heterocycles. The topological polar surface area (TPSA) is 79.0 Å². The van der Waals surface area contributed by atoms with Gasteiger partial charge in [0.1, 0.15) is 0 Å². The Labute approximate surface area is 101 Å². The van der Waals surface area contributed by atoms with E-state index in [0.717, 1.165) is 24.3 Å². The number of H-pyrrole nitrogens is 1. The van der Waals surface area contributed by atoms with Gasteiger partial charge in [0.25, 0.3) is 5.91 Å². The minimum absolute atomic E-state index is 0.139. The normalized spacial score (nSPS) is 10.5. The Morgan fingerprint density at radius 1 is 1.35 bits per heavy atom. The summed E-state index contributed by atoms with van der Waals surface area (Å²) >= 11 is 0. The van der Waals surface area contributed by atoms with Crippen molar-refractivity contribution in [1.82, 2.24) is 20.8 Å². The minimum Gasteiger partial charge on any atom is -0.383 e. The van der Waals surface area contributed by atoms with Crippen LogP contribution in [-0.4, -0.2) is 49.5 Å². The Morgan fingerprint density at radius 2 is 2.12 bits per heavy atom. The van der Waals surface area contributed by atoms with Gasteiger partial charge in [-0.15, -0.1) is 0 Å². The van der Waals surface area contributed by atoms with Crippen LogP contribution in [0.3, 0.4) is 0 Å². The van der Waals surface area contributed by atoms with Gasteiger partial charge in [0, 0.05) is 38.0 Å². The minimum atomic E-state index is -0.139. The van der Waals surface area contributed by atoms with Crippen molar-refractivity contribution in [2.75, 3.05) is 33.4 Å². The monoisotopic (exact) mass is 240 g/mol. The summed E-state index contributed by atoms with van der Waals surface area (Å²) in [6, 6.07) is 0. The maximum atomic E-state index is 11.7. The fourth-order valence-electron chi connectivity index (χ4n) is 1.35. The van der Waals surface area contributed by atoms with Crippen LogP contribution >= 0.6 is 0 Å². The van der Waals surface area contributed by atoms with E-state index in [1.165, 1.54) is 0 Å². The average Bonchev–Trinajstić information content (AvgIpc) is 2.64. The summed E-state index contributed by atoms with van der Waals surface area (Å²) in [6.07, 6.45) is 0. The van der Waals surface area contributed by atoms with Crippen LogP contribution in [0.4, 0.5) is 0 Å². The molecule has 0 saturated heterocycles. The molecule has 0 saturated carbocycles. The molecule has 0 aromatic carbocycles. The molecule has 1 aromatic rings. The highest BCUT2D eigenvalue weighted by Gasteiger charge is 2.13. The van der Waals surface area contributed by atoms with Crippen LogP contribution in [0.25, 0.3) is 0 Å². The lowest BCUT2D eigenvalue weighted by atomic mass is 10.2. The van der Waals surface area contributed by atoms with Crippen LogP contribution in [0.1, 0.15) is 21.7 Å². The first kappa shape index (κ1) is 13.7. The second-order valence-corrected chi connectivity index (χ2v) is 3.82. The lowest BCUT2D eigenvalue weighted by Crippen LogP contribution is -2.33. The molecular weight excluding hydrogens is 220 g/mol. The van der Waals surface area contributed by atoms with E-state index < -0.39 is 0 Å². The summed E-state index contributed by atoms with van der Waals surface area (Å²) in [5.74, 6) is -0.139. The van der Waals surface area contributed by atoms with E-state index in [1.54, 1.807) is 7.11 Å². The Balaban J connectivity index is 2.24. The van der Waals surface area contributed by atoms with E-state index in [2.05, 4.69) is 20.8 Å². The molecule has 96 valence electrons. The number of aromatic amines is 1. The summed E-state index contributed by atoms with van der Waals surface area (Å²) in [7, 11) is 1.66. The van der Waals surface area contributed by atoms with Crippen LogP contribution in [0.15, 0.2) is 0 Å². The molecule has 3 N–H and O–H groups in total. The number of ether oxygens (including phenoxy) is 1. The lowest BCUT2D eigenvalue weighted by Gasteiger charge is -2.05. The first-order valence-corrected chi connectivity index (χ1v) is 5.66. The maximum Gasteiger partial charge on any atom is 0.272 e. The molecular formula is C11H20N4O2. The molecule has 17 heavy (non-hydrogen) atoms. The molecule has 0 bridgehead atoms. The summed E-state index contributed by atoms with van der Waals surface area (Å²) < 4.78 is 4.89. The third kappa shape index (κ3) is 4.16. The van der Waals surface area contributed by atoms with E-state index in [0.29, 0.717) is 18.8 Å². The average molecular weight is 240 g/mol. The van der Waals surface area contributed by atoms with Crippen molar-refractivity contribution in [3.8, 4) is 0 Å². The van der Waals surface area contributed by atoms with Crippen LogP contribution < -0.4 is 10.6 Å². The first-order valence-electron chi connectivity index (χ1n) is 5.66. The van der Waals surface area contributed by atoms with E-state index in [9.17, 15) is 4.79 Å². The molecule has 6 nitrogen and oxygen atoms in total. The molecule has 0 aliphatic heterocycles. The first-order chi connectivity index (χ1) is 8.16. The molecule has 0 fully saturated rings. The van der Waals surface area contributed by atoms with Crippen molar-refractivity contribution in [3.63, 3.8) is 0 Å². The third-order valence-corrected chi connectivity index (χ3v) is 2.54. The zero-order valence-corrected chi connectivity index (χ0v) is 10.6. The van der Waals surface area contributed by atoms with Gasteiger partial charge in [-0.25, -0.2) is 0 Å². The van der Waals surface area contributed by atoms with Crippen molar-refractivity contribution in [2.24, 2.45) is 0 Å². The molecule has 6 heteroatoms. The van der Waals surface area contributed by atoms with E-state index >= 15 is 0 Å². The Hall–Kier alpha value is -1.40. The number of rotatable bonds is 7. The third-order valence-electron chi connectivity index (χ3n) is 2.54. The van der Waals surface area contributed by atoms with Gasteiger partial charge in [0.15, 0.2) is 5.69 Å². The highest BCUT2D eigenvalue weighted by atomic mass is 16.5. The summed E-state index contributed by atoms with van der Waals surface area (Å²) in [6.45, 7) is 6.53. The number of hydrogen-bond acceptors (Lipinski definition) is 4. The number of amides is 1. The van der Waals surface area contributed by atoms with E-state index in [4.69, 9.17) is 4.74 Å². The molecule has 1 amide bonds. The number of carbonyl (C=O) groups is 1. The van der Waals surface area contributed by atoms with Crippen molar-refractivity contribution in [1.29, 1.82) is 0 Å². The van der Waals surface area contributed by atoms with Gasteiger partial charge in [-0.2, -0.15) is 5.10 Å². The standard InChI is InChI=1S/C11H20N4O2/c1-8-9(2)14-15-10(8)11(16)13-5-4-12-6-7-17-3/h12H,4-7H2,1-3H3,(H,13,16)(H,14,15). The number of nitrogens with zero attached hydrogens (tertiary/aromatic N) is 1. The van der Waals surface area contributed by atoms with Crippen LogP contribution in [0.5, 0.6) is 0 Å². The molecule has 0 atom stereocenters. The molecule has 0 aliphatic rings. The van der Waals surface area contributed by atoms with Gasteiger partial charge >= 0.3 is 0 Å². The molecule has 1 rings (SSSR count). The fourth-order valence-corrected chi connectivity index (χ4v) is 1.35. The zero-order chi connectivity index (χ0) is 12.7. The molecule has 0 spiro atoms. The van der Waals surface area contributed by atoms with E-state index in [1.807, 2.05) is 13.8 Å². The Kier molecular flexibility index (Phi) is 5.65. The number of hydrogen-bond donors (Lipinski definition) is 3. The van der Waals surface area contributed by atoms with Crippen LogP contribution in [0, 0.1) is 13.8 Å². The quantitative estimate of drug-likeness (QED) is 0.586. The van der Waals surface area contributed by atoms with Crippen LogP contribution in [0.2, 0.25) is 0 Å². The van der Waals surface area contributed by atoms with Crippen molar-refractivity contribution in [2.45, 2.75) is 13.8 Å². The van der Waals surface area contributed by atoms with Crippen LogP contribution in [-0.2, 0) is 4.74 Å². The predicted octanol–water partition coefficient (Wildman–Crippen LogP) is -0.00766. The van der Waals surface area contributed by atoms with Gasteiger partial charge in [0.2, 0.25) is 0 Å². The number of aromatic nitrogens is 2. The molecule has 0 aliphatic carbocycles. The van der Waals surface area contributed by atoms with Crippen molar-refractivity contribution >= 4 is 5.91 Å². The molecule has 0 unspecified atom stereocenters. The fraction of sp³-hybridized carbons (Fsp3) is 0.636. The smallest absolute Gasteiger partial charge is 0.272 e. The number of nitrogens with one attached hydrogen (secondary N) is 3. The number of methoxy groups -OCH3 is 1. The highest BCUT2D eigenvalue weighted by molar-refractivity contribution is 5.93. The van der Waals surface area contributed by atoms with Crippen molar-refractivity contribution in [3.05, 3.63) is 17.0 Å². The number of carbonyl (C=O) groups excluding carboxylic acids is 1. The van der Waals surface area contributed by atoms with Gasteiger partial charge in [0.05, 0.1) is 6.61 Å². The Morgan fingerprint density at radius 3 is 2.71 bits per heavy atom. The predicted molar refractivity (Wildman–Crippen MR) is 65.1 cm³/mol. The Bertz CT molecular complexity index is 362. The van der Waals surface area contributed by atoms with Crippen molar-refractivity contribution < 1.29 is 9.53 Å². The van der Waals surface area contributed by atoms with E-state index in [-0.39, 0.29) is 5.91 Å². The SMILES string of the molecule is COCCNCCNC(=O)c1n[nH]c(C)c1C. The highest BCUT2D eigenvalue weighted by Crippen LogP contribution is 2.07. The molecule has 0 radical (unpaired) electrons. The summed E-state index contributed by atoms with van der Waals surface area (Å²) in [5.41, 5.74) is 2.29. The second kappa shape index (κ2) is 7.03. The molecule has 1 aromatic heterocycles. The zero-order valence-electron chi connectivity index (χ0n) is 10.6. The lowest BCUT2D eigenvalue weighted by molar-refractivity contribution is 0.0948. The second-order valence-electron chi connectivity index (χ2n) is 3.82.